The lowest BCUT2D eigenvalue weighted by Gasteiger charge is -2.63. The van der Waals surface area contributed by atoms with E-state index >= 15 is 0 Å². The maximum atomic E-state index is 12.7. The molecular weight excluding hydrogens is 608 g/mol. The molecule has 4 heterocycles. The summed E-state index contributed by atoms with van der Waals surface area (Å²) in [4.78, 5) is 4.68. The molecular formula is C38H42N4O6. The molecule has 4 aliphatic carbocycles. The van der Waals surface area contributed by atoms with Gasteiger partial charge < -0.3 is 29.9 Å². The number of phenols is 2. The number of nitrogens with zero attached hydrogens (tertiary/aromatic N) is 4. The Balaban J connectivity index is 1.08. The lowest BCUT2D eigenvalue weighted by Crippen LogP contribution is -2.76. The number of hydrogen-bond acceptors (Lipinski definition) is 10. The average Bonchev–Trinajstić information content (AvgIpc) is 3.61. The molecule has 8 aliphatic rings. The van der Waals surface area contributed by atoms with E-state index in [1.165, 1.54) is 0 Å². The molecule has 10 nitrogen and oxygen atoms in total. The SMILES string of the molecule is C=CCN1CC[C@@]23c4c5ccc(O)c4O[C@@H]2/C(=N\N=C2\CC[C@]4(O)[C@H]6Cc7ccc(O)c8c7[C@@]4(CCN6CC=C)[C@@H]2O8)CC[C@@]3(O)[C@H]1C5. The molecule has 4 bridgehead atoms. The van der Waals surface area contributed by atoms with Crippen LogP contribution in [0.25, 0.3) is 0 Å². The van der Waals surface area contributed by atoms with Crippen molar-refractivity contribution < 1.29 is 29.9 Å². The van der Waals surface area contributed by atoms with Gasteiger partial charge in [-0.25, -0.2) is 0 Å². The minimum Gasteiger partial charge on any atom is -0.504 e. The van der Waals surface area contributed by atoms with Gasteiger partial charge in [0.2, 0.25) is 0 Å². The summed E-state index contributed by atoms with van der Waals surface area (Å²) in [5.74, 6) is 1.11. The zero-order chi connectivity index (χ0) is 32.8. The molecule has 2 aromatic carbocycles. The zero-order valence-electron chi connectivity index (χ0n) is 27.1. The van der Waals surface area contributed by atoms with Crippen molar-refractivity contribution in [3.63, 3.8) is 0 Å². The predicted molar refractivity (Wildman–Crippen MR) is 179 cm³/mol. The zero-order valence-corrected chi connectivity index (χ0v) is 27.1. The van der Waals surface area contributed by atoms with Gasteiger partial charge in [-0.05, 0) is 74.6 Å². The van der Waals surface area contributed by atoms with Gasteiger partial charge in [0.1, 0.15) is 0 Å². The largest absolute Gasteiger partial charge is 0.504 e. The fraction of sp³-hybridized carbons (Fsp3) is 0.526. The molecule has 0 aromatic heterocycles. The summed E-state index contributed by atoms with van der Waals surface area (Å²) in [5.41, 5.74) is 1.99. The van der Waals surface area contributed by atoms with E-state index in [0.717, 1.165) is 46.8 Å². The number of piperidine rings is 2. The molecule has 0 unspecified atom stereocenters. The lowest BCUT2D eigenvalue weighted by molar-refractivity contribution is -0.164. The van der Waals surface area contributed by atoms with E-state index < -0.39 is 34.2 Å². The first-order chi connectivity index (χ1) is 23.2. The van der Waals surface area contributed by atoms with Gasteiger partial charge in [0.15, 0.2) is 35.2 Å². The maximum absolute atomic E-state index is 12.7. The van der Waals surface area contributed by atoms with Crippen LogP contribution >= 0.6 is 0 Å². The van der Waals surface area contributed by atoms with E-state index in [-0.39, 0.29) is 23.6 Å². The van der Waals surface area contributed by atoms with Crippen molar-refractivity contribution in [1.82, 2.24) is 9.80 Å². The summed E-state index contributed by atoms with van der Waals surface area (Å²) in [5, 5.41) is 57.4. The standard InChI is InChI=1S/C38H42N4O6/c1-3-15-41-17-13-35-29-21-5-7-25(43)31(29)47-33(35)23(9-11-37(35,45)27(41)19-21)39-40-24-10-12-38(46)28-20-22-6-8-26(44)32-30(22)36(38,34(24)48-32)14-18-42(28)16-4-2/h3-8,27-28,33-34,43-46H,1-2,9-20H2/b39-23-,40-24-/t27-,28-,33-,34-,35-,36+,37-,38+/m1/s1. The molecule has 0 amide bonds. The summed E-state index contributed by atoms with van der Waals surface area (Å²) in [7, 11) is 0. The molecule has 10 heteroatoms. The lowest BCUT2D eigenvalue weighted by atomic mass is 9.48. The van der Waals surface area contributed by atoms with Crippen molar-refractivity contribution in [2.24, 2.45) is 10.2 Å². The van der Waals surface area contributed by atoms with E-state index in [9.17, 15) is 20.4 Å². The first-order valence-electron chi connectivity index (χ1n) is 17.5. The van der Waals surface area contributed by atoms with Crippen molar-refractivity contribution in [3.8, 4) is 23.0 Å². The molecule has 2 saturated heterocycles. The van der Waals surface area contributed by atoms with E-state index in [1.807, 2.05) is 24.3 Å². The van der Waals surface area contributed by atoms with Crippen molar-refractivity contribution in [2.75, 3.05) is 26.2 Å². The number of likely N-dealkylation sites (tertiary alicyclic amines) is 2. The Morgan fingerprint density at radius 1 is 0.708 bits per heavy atom. The van der Waals surface area contributed by atoms with Crippen LogP contribution in [0.3, 0.4) is 0 Å². The van der Waals surface area contributed by atoms with Gasteiger partial charge in [-0.1, -0.05) is 24.3 Å². The van der Waals surface area contributed by atoms with E-state index in [1.54, 1.807) is 12.1 Å². The highest BCUT2D eigenvalue weighted by molar-refractivity contribution is 5.97. The second kappa shape index (κ2) is 9.50. The number of aliphatic hydroxyl groups is 2. The van der Waals surface area contributed by atoms with Crippen LogP contribution in [0.4, 0.5) is 0 Å². The van der Waals surface area contributed by atoms with E-state index in [2.05, 4.69) is 23.0 Å². The average molecular weight is 651 g/mol. The number of hydrogen-bond donors (Lipinski definition) is 4. The van der Waals surface area contributed by atoms with Crippen LogP contribution in [0.5, 0.6) is 23.0 Å². The first kappa shape index (κ1) is 29.2. The van der Waals surface area contributed by atoms with Gasteiger partial charge >= 0.3 is 0 Å². The molecule has 4 N–H and O–H groups in total. The van der Waals surface area contributed by atoms with Gasteiger partial charge in [-0.2, -0.15) is 10.2 Å². The molecule has 4 aliphatic heterocycles. The van der Waals surface area contributed by atoms with Crippen molar-refractivity contribution >= 4 is 11.4 Å². The number of rotatable bonds is 5. The first-order valence-corrected chi connectivity index (χ1v) is 17.5. The fourth-order valence-corrected chi connectivity index (χ4v) is 12.0. The summed E-state index contributed by atoms with van der Waals surface area (Å²) < 4.78 is 13.3. The molecule has 2 aromatic rings. The highest BCUT2D eigenvalue weighted by Crippen LogP contribution is 2.66. The summed E-state index contributed by atoms with van der Waals surface area (Å²) >= 11 is 0. The minimum absolute atomic E-state index is 0.0885. The molecule has 48 heavy (non-hydrogen) atoms. The minimum atomic E-state index is -1.06. The van der Waals surface area contributed by atoms with Gasteiger partial charge in [-0.3, -0.25) is 9.80 Å². The molecule has 10 rings (SSSR count). The summed E-state index contributed by atoms with van der Waals surface area (Å²) in [6.07, 6.45) is 7.42. The third kappa shape index (κ3) is 3.15. The molecule has 2 saturated carbocycles. The monoisotopic (exact) mass is 650 g/mol. The highest BCUT2D eigenvalue weighted by atomic mass is 16.5. The van der Waals surface area contributed by atoms with Crippen molar-refractivity contribution in [3.05, 3.63) is 71.8 Å². The Morgan fingerprint density at radius 2 is 1.15 bits per heavy atom. The summed E-state index contributed by atoms with van der Waals surface area (Å²) in [6, 6.07) is 7.18. The van der Waals surface area contributed by atoms with Crippen LogP contribution < -0.4 is 9.47 Å². The van der Waals surface area contributed by atoms with E-state index in [0.29, 0.717) is 76.0 Å². The van der Waals surface area contributed by atoms with Crippen LogP contribution in [0.15, 0.2) is 59.8 Å². The second-order valence-corrected chi connectivity index (χ2v) is 15.4. The normalized spacial score (nSPS) is 41.4. The predicted octanol–water partition coefficient (Wildman–Crippen LogP) is 3.28. The Labute approximate surface area is 279 Å². The second-order valence-electron chi connectivity index (χ2n) is 15.4. The maximum Gasteiger partial charge on any atom is 0.166 e. The Bertz CT molecular complexity index is 1740. The van der Waals surface area contributed by atoms with Gasteiger partial charge in [0.25, 0.3) is 0 Å². The third-order valence-electron chi connectivity index (χ3n) is 13.8. The van der Waals surface area contributed by atoms with Crippen LogP contribution in [-0.2, 0) is 23.7 Å². The number of aromatic hydroxyl groups is 2. The van der Waals surface area contributed by atoms with E-state index in [4.69, 9.17) is 19.7 Å². The van der Waals surface area contributed by atoms with Crippen molar-refractivity contribution in [1.29, 1.82) is 0 Å². The Morgan fingerprint density at radius 3 is 1.56 bits per heavy atom. The Hall–Kier alpha value is -3.70. The van der Waals surface area contributed by atoms with Crippen LogP contribution in [-0.4, -0.2) is 103 Å². The van der Waals surface area contributed by atoms with Gasteiger partial charge in [0, 0.05) is 49.4 Å². The number of phenolic OH excluding ortho intramolecular Hbond substituents is 2. The molecule has 0 radical (unpaired) electrons. The number of ether oxygens (including phenoxy) is 2. The van der Waals surface area contributed by atoms with Gasteiger partial charge in [0.05, 0.1) is 33.5 Å². The van der Waals surface area contributed by atoms with Crippen LogP contribution in [0.2, 0.25) is 0 Å². The quantitative estimate of drug-likeness (QED) is 0.287. The fourth-order valence-electron chi connectivity index (χ4n) is 12.0. The smallest absolute Gasteiger partial charge is 0.166 e. The molecule has 2 spiro atoms. The number of benzene rings is 2. The van der Waals surface area contributed by atoms with Crippen LogP contribution in [0, 0.1) is 0 Å². The third-order valence-corrected chi connectivity index (χ3v) is 13.8. The summed E-state index contributed by atoms with van der Waals surface area (Å²) in [6.45, 7) is 10.9. The molecule has 4 fully saturated rings. The van der Waals surface area contributed by atoms with Crippen molar-refractivity contribution in [2.45, 2.75) is 97.7 Å². The molecule has 250 valence electrons. The van der Waals surface area contributed by atoms with Crippen LogP contribution in [0.1, 0.15) is 60.8 Å². The topological polar surface area (TPSA) is 131 Å². The van der Waals surface area contributed by atoms with Gasteiger partial charge in [-0.15, -0.1) is 13.2 Å². The Kier molecular flexibility index (Phi) is 5.79. The highest BCUT2D eigenvalue weighted by Gasteiger charge is 2.74. The molecule has 8 atom stereocenters.